The van der Waals surface area contributed by atoms with Gasteiger partial charge in [-0.25, -0.2) is 9.78 Å². The second-order valence-electron chi connectivity index (χ2n) is 5.94. The van der Waals surface area contributed by atoms with Crippen LogP contribution >= 0.6 is 11.6 Å². The Bertz CT molecular complexity index is 1020. The lowest BCUT2D eigenvalue weighted by Gasteiger charge is -2.11. The van der Waals surface area contributed by atoms with Crippen LogP contribution in [-0.4, -0.2) is 29.1 Å². The van der Waals surface area contributed by atoms with Gasteiger partial charge in [0, 0.05) is 17.8 Å². The molecule has 28 heavy (non-hydrogen) atoms. The molecule has 3 rings (SSSR count). The highest BCUT2D eigenvalue weighted by atomic mass is 35.5. The Morgan fingerprint density at radius 2 is 2.04 bits per heavy atom. The molecule has 0 saturated carbocycles. The van der Waals surface area contributed by atoms with E-state index in [0.717, 1.165) is 17.1 Å². The number of hydrogen-bond acceptors (Lipinski definition) is 5. The van der Waals surface area contributed by atoms with Gasteiger partial charge in [0.1, 0.15) is 12.4 Å². The van der Waals surface area contributed by atoms with E-state index < -0.39 is 17.7 Å². The Hall–Kier alpha value is -2.87. The Morgan fingerprint density at radius 3 is 2.75 bits per heavy atom. The average molecular weight is 410 g/mol. The number of rotatable bonds is 5. The fraction of sp³-hybridized carbons (Fsp3) is 0.211. The summed E-state index contributed by atoms with van der Waals surface area (Å²) in [5.74, 6) is -0.443. The monoisotopic (exact) mass is 409 g/mol. The van der Waals surface area contributed by atoms with Crippen LogP contribution in [0.5, 0.6) is 0 Å². The average Bonchev–Trinajstić information content (AvgIpc) is 2.65. The third kappa shape index (κ3) is 4.33. The lowest BCUT2D eigenvalue weighted by Crippen LogP contribution is -2.15. The maximum Gasteiger partial charge on any atom is 0.417 e. The van der Waals surface area contributed by atoms with Gasteiger partial charge in [-0.05, 0) is 30.7 Å². The topological polar surface area (TPSA) is 64.1 Å². The van der Waals surface area contributed by atoms with Crippen LogP contribution in [-0.2, 0) is 10.9 Å². The molecule has 1 N–H and O–H groups in total. The highest BCUT2D eigenvalue weighted by molar-refractivity contribution is 6.32. The summed E-state index contributed by atoms with van der Waals surface area (Å²) in [4.78, 5) is 20.3. The summed E-state index contributed by atoms with van der Waals surface area (Å²) in [6.45, 7) is 2.01. The zero-order valence-electron chi connectivity index (χ0n) is 14.7. The molecule has 0 aliphatic carbocycles. The van der Waals surface area contributed by atoms with Crippen molar-refractivity contribution in [2.24, 2.45) is 0 Å². The predicted octanol–water partition coefficient (Wildman–Crippen LogP) is 4.88. The van der Waals surface area contributed by atoms with Gasteiger partial charge in [-0.2, -0.15) is 13.2 Å². The number of alkyl halides is 3. The minimum atomic E-state index is -4.52. The van der Waals surface area contributed by atoms with Crippen molar-refractivity contribution in [2.75, 3.05) is 18.5 Å². The Labute approximate surface area is 163 Å². The van der Waals surface area contributed by atoms with Gasteiger partial charge < -0.3 is 10.1 Å². The molecule has 0 saturated heterocycles. The molecule has 146 valence electrons. The molecule has 0 aliphatic rings. The van der Waals surface area contributed by atoms with Gasteiger partial charge in [-0.15, -0.1) is 0 Å². The van der Waals surface area contributed by atoms with Crippen molar-refractivity contribution in [2.45, 2.75) is 13.1 Å². The first-order valence-corrected chi connectivity index (χ1v) is 8.63. The summed E-state index contributed by atoms with van der Waals surface area (Å²) in [6, 6.07) is 7.77. The smallest absolute Gasteiger partial charge is 0.417 e. The third-order valence-corrected chi connectivity index (χ3v) is 4.28. The second kappa shape index (κ2) is 8.02. The number of fused-ring (bicyclic) bond motifs is 1. The van der Waals surface area contributed by atoms with Crippen molar-refractivity contribution in [3.63, 3.8) is 0 Å². The van der Waals surface area contributed by atoms with Gasteiger partial charge in [0.15, 0.2) is 0 Å². The van der Waals surface area contributed by atoms with Crippen molar-refractivity contribution in [3.8, 4) is 0 Å². The van der Waals surface area contributed by atoms with Gasteiger partial charge in [-0.3, -0.25) is 4.98 Å². The zero-order chi connectivity index (χ0) is 20.3. The zero-order valence-corrected chi connectivity index (χ0v) is 15.4. The van der Waals surface area contributed by atoms with Gasteiger partial charge in [-0.1, -0.05) is 23.7 Å². The second-order valence-corrected chi connectivity index (χ2v) is 6.35. The number of ether oxygens (including phenoxy) is 1. The van der Waals surface area contributed by atoms with Crippen LogP contribution in [0, 0.1) is 6.92 Å². The minimum absolute atomic E-state index is 0.0203. The molecule has 5 nitrogen and oxygen atoms in total. The molecule has 0 aliphatic heterocycles. The molecule has 0 amide bonds. The first-order valence-electron chi connectivity index (χ1n) is 8.25. The first-order chi connectivity index (χ1) is 13.3. The summed E-state index contributed by atoms with van der Waals surface area (Å²) in [6.07, 6.45) is -2.18. The van der Waals surface area contributed by atoms with Crippen LogP contribution in [0.2, 0.25) is 5.02 Å². The van der Waals surface area contributed by atoms with Crippen molar-refractivity contribution in [3.05, 3.63) is 64.4 Å². The number of benzene rings is 1. The molecular weight excluding hydrogens is 395 g/mol. The van der Waals surface area contributed by atoms with Crippen LogP contribution < -0.4 is 5.32 Å². The van der Waals surface area contributed by atoms with E-state index in [-0.39, 0.29) is 24.0 Å². The third-order valence-electron chi connectivity index (χ3n) is 3.99. The first kappa shape index (κ1) is 19.9. The molecule has 0 atom stereocenters. The van der Waals surface area contributed by atoms with Crippen LogP contribution in [0.3, 0.4) is 0 Å². The molecular formula is C19H15ClF3N3O2. The molecule has 9 heteroatoms. The Balaban J connectivity index is 1.61. The van der Waals surface area contributed by atoms with E-state index in [1.165, 1.54) is 0 Å². The fourth-order valence-electron chi connectivity index (χ4n) is 2.61. The van der Waals surface area contributed by atoms with Crippen molar-refractivity contribution >= 4 is 34.3 Å². The van der Waals surface area contributed by atoms with Crippen LogP contribution in [0.15, 0.2) is 42.7 Å². The quantitative estimate of drug-likeness (QED) is 0.480. The highest BCUT2D eigenvalue weighted by Crippen LogP contribution is 2.32. The van der Waals surface area contributed by atoms with Gasteiger partial charge in [0.2, 0.25) is 0 Å². The number of carbonyl (C=O) groups is 1. The molecule has 0 unspecified atom stereocenters. The predicted molar refractivity (Wildman–Crippen MR) is 99.5 cm³/mol. The van der Waals surface area contributed by atoms with E-state index in [2.05, 4.69) is 15.3 Å². The van der Waals surface area contributed by atoms with E-state index in [0.29, 0.717) is 17.1 Å². The summed E-state index contributed by atoms with van der Waals surface area (Å²) < 4.78 is 43.1. The number of anilines is 1. The maximum absolute atomic E-state index is 12.6. The molecule has 0 spiro atoms. The van der Waals surface area contributed by atoms with Crippen LogP contribution in [0.1, 0.15) is 21.5 Å². The summed E-state index contributed by atoms with van der Waals surface area (Å²) in [5, 5.41) is 3.26. The summed E-state index contributed by atoms with van der Waals surface area (Å²) >= 11 is 5.81. The number of hydrogen-bond donors (Lipinski definition) is 1. The molecule has 2 aromatic heterocycles. The van der Waals surface area contributed by atoms with Crippen LogP contribution in [0.4, 0.5) is 19.0 Å². The molecule has 2 heterocycles. The summed E-state index contributed by atoms with van der Waals surface area (Å²) in [7, 11) is 0. The standard InChI is InChI=1S/C19H15ClF3N3O2/c1-11-4-5-14(13-3-2-6-24-16(11)13)18(27)28-8-7-25-17-15(20)9-12(10-26-17)19(21,22)23/h2-6,9-10H,7-8H2,1H3,(H,25,26). The number of aromatic nitrogens is 2. The normalized spacial score (nSPS) is 11.5. The van der Waals surface area contributed by atoms with E-state index in [1.807, 2.05) is 6.92 Å². The lowest BCUT2D eigenvalue weighted by atomic mass is 10.0. The van der Waals surface area contributed by atoms with E-state index >= 15 is 0 Å². The SMILES string of the molecule is Cc1ccc(C(=O)OCCNc2ncc(C(F)(F)F)cc2Cl)c2cccnc12. The summed E-state index contributed by atoms with van der Waals surface area (Å²) in [5.41, 5.74) is 1.11. The fourth-order valence-corrected chi connectivity index (χ4v) is 2.84. The highest BCUT2D eigenvalue weighted by Gasteiger charge is 2.31. The van der Waals surface area contributed by atoms with Gasteiger partial charge in [0.05, 0.1) is 28.2 Å². The minimum Gasteiger partial charge on any atom is -0.460 e. The number of halogens is 4. The van der Waals surface area contributed by atoms with Crippen molar-refractivity contribution in [1.82, 2.24) is 9.97 Å². The number of nitrogens with one attached hydrogen (secondary N) is 1. The molecule has 0 radical (unpaired) electrons. The maximum atomic E-state index is 12.6. The molecule has 0 fully saturated rings. The molecule has 3 aromatic rings. The van der Waals surface area contributed by atoms with E-state index in [1.54, 1.807) is 30.5 Å². The number of nitrogens with zero attached hydrogens (tertiary/aromatic N) is 2. The number of aryl methyl sites for hydroxylation is 1. The number of carbonyl (C=O) groups excluding carboxylic acids is 1. The number of esters is 1. The van der Waals surface area contributed by atoms with Crippen molar-refractivity contribution < 1.29 is 22.7 Å². The van der Waals surface area contributed by atoms with E-state index in [9.17, 15) is 18.0 Å². The van der Waals surface area contributed by atoms with E-state index in [4.69, 9.17) is 16.3 Å². The van der Waals surface area contributed by atoms with Gasteiger partial charge >= 0.3 is 12.1 Å². The van der Waals surface area contributed by atoms with Crippen molar-refractivity contribution in [1.29, 1.82) is 0 Å². The lowest BCUT2D eigenvalue weighted by molar-refractivity contribution is -0.137. The molecule has 1 aromatic carbocycles. The number of pyridine rings is 2. The molecule has 0 bridgehead atoms. The Kier molecular flexibility index (Phi) is 5.69. The largest absolute Gasteiger partial charge is 0.460 e. The Morgan fingerprint density at radius 1 is 1.25 bits per heavy atom. The van der Waals surface area contributed by atoms with Gasteiger partial charge in [0.25, 0.3) is 0 Å². The van der Waals surface area contributed by atoms with Crippen LogP contribution in [0.25, 0.3) is 10.9 Å².